The Hall–Kier alpha value is -1.18. The maximum atomic E-state index is 11.1. The van der Waals surface area contributed by atoms with Gasteiger partial charge in [0.2, 0.25) is 0 Å². The zero-order valence-corrected chi connectivity index (χ0v) is 11.0. The normalized spacial score (nSPS) is 10.4. The summed E-state index contributed by atoms with van der Waals surface area (Å²) < 4.78 is 24.1. The predicted molar refractivity (Wildman–Crippen MR) is 60.8 cm³/mol. The fraction of sp³-hybridized carbons (Fsp3) is 0.818. The number of methoxy groups -OCH3 is 3. The average Bonchev–Trinajstić information content (AvgIpc) is 2.37. The highest BCUT2D eigenvalue weighted by Crippen LogP contribution is 2.07. The van der Waals surface area contributed by atoms with Gasteiger partial charge in [-0.2, -0.15) is 0 Å². The number of carbonyl (C=O) groups excluding carboxylic acids is 2. The molecule has 0 radical (unpaired) electrons. The van der Waals surface area contributed by atoms with Crippen molar-refractivity contribution in [3.63, 3.8) is 0 Å². The minimum atomic E-state index is -0.618. The van der Waals surface area contributed by atoms with Crippen LogP contribution in [0.3, 0.4) is 0 Å². The van der Waals surface area contributed by atoms with Gasteiger partial charge in [0.25, 0.3) is 0 Å². The summed E-state index contributed by atoms with van der Waals surface area (Å²) in [6.45, 7) is 0.795. The van der Waals surface area contributed by atoms with E-state index < -0.39 is 18.0 Å². The third kappa shape index (κ3) is 8.91. The number of carbonyl (C=O) groups is 2. The Labute approximate surface area is 106 Å². The zero-order valence-electron chi connectivity index (χ0n) is 11.0. The van der Waals surface area contributed by atoms with E-state index in [1.54, 1.807) is 7.11 Å². The van der Waals surface area contributed by atoms with E-state index in [0.717, 1.165) is 0 Å². The van der Waals surface area contributed by atoms with Crippen molar-refractivity contribution in [2.24, 2.45) is 0 Å². The van der Waals surface area contributed by atoms with E-state index >= 15 is 0 Å². The van der Waals surface area contributed by atoms with Crippen molar-refractivity contribution >= 4 is 11.9 Å². The first-order valence-electron chi connectivity index (χ1n) is 5.46. The van der Waals surface area contributed by atoms with Gasteiger partial charge in [-0.15, -0.1) is 0 Å². The first kappa shape index (κ1) is 16.8. The highest BCUT2D eigenvalue weighted by atomic mass is 16.7. The summed E-state index contributed by atoms with van der Waals surface area (Å²) in [7, 11) is 4.10. The summed E-state index contributed by atoms with van der Waals surface area (Å²) in [5, 5.41) is 0. The second-order valence-electron chi connectivity index (χ2n) is 3.37. The molecule has 0 atom stereocenters. The van der Waals surface area contributed by atoms with Crippen LogP contribution in [0.15, 0.2) is 0 Å². The zero-order chi connectivity index (χ0) is 13.8. The third-order valence-corrected chi connectivity index (χ3v) is 2.06. The summed E-state index contributed by atoms with van der Waals surface area (Å²) in [5.74, 6) is -0.915. The van der Waals surface area contributed by atoms with Gasteiger partial charge in [0.15, 0.2) is 0 Å². The van der Waals surface area contributed by atoms with Crippen LogP contribution in [0, 0.1) is 0 Å². The van der Waals surface area contributed by atoms with Gasteiger partial charge >= 0.3 is 11.9 Å². The van der Waals surface area contributed by atoms with E-state index in [1.165, 1.54) is 14.2 Å². The number of hydrogen-bond acceptors (Lipinski definition) is 7. The van der Waals surface area contributed by atoms with Crippen LogP contribution >= 0.6 is 0 Å². The maximum absolute atomic E-state index is 11.1. The molecule has 0 aliphatic carbocycles. The molecule has 7 nitrogen and oxygen atoms in total. The summed E-state index contributed by atoms with van der Waals surface area (Å²) >= 11 is 0. The van der Waals surface area contributed by atoms with Crippen LogP contribution in [0.1, 0.15) is 12.8 Å². The molecule has 0 bridgehead atoms. The summed E-state index contributed by atoms with van der Waals surface area (Å²) in [5.41, 5.74) is 0. The van der Waals surface area contributed by atoms with E-state index in [9.17, 15) is 9.59 Å². The van der Waals surface area contributed by atoms with E-state index in [-0.39, 0.29) is 19.6 Å². The van der Waals surface area contributed by atoms with Crippen LogP contribution < -0.4 is 0 Å². The van der Waals surface area contributed by atoms with Crippen molar-refractivity contribution in [2.75, 3.05) is 41.3 Å². The van der Waals surface area contributed by atoms with Crippen molar-refractivity contribution in [3.8, 4) is 0 Å². The largest absolute Gasteiger partial charge is 0.469 e. The molecule has 18 heavy (non-hydrogen) atoms. The first-order valence-corrected chi connectivity index (χ1v) is 5.46. The highest BCUT2D eigenvalue weighted by Gasteiger charge is 2.19. The van der Waals surface area contributed by atoms with Gasteiger partial charge in [-0.3, -0.25) is 9.59 Å². The van der Waals surface area contributed by atoms with Crippen LogP contribution in [0.25, 0.3) is 0 Å². The lowest BCUT2D eigenvalue weighted by Gasteiger charge is -2.15. The summed E-state index contributed by atoms with van der Waals surface area (Å²) in [4.78, 5) is 22.2. The molecule has 0 heterocycles. The molecule has 0 saturated heterocycles. The Balaban J connectivity index is 3.96. The lowest BCUT2D eigenvalue weighted by Crippen LogP contribution is -2.24. The van der Waals surface area contributed by atoms with Gasteiger partial charge in [0.1, 0.15) is 6.79 Å². The molecule has 0 rings (SSSR count). The number of ether oxygens (including phenoxy) is 5. The van der Waals surface area contributed by atoms with E-state index in [4.69, 9.17) is 14.2 Å². The Morgan fingerprint density at radius 2 is 1.50 bits per heavy atom. The monoisotopic (exact) mass is 264 g/mol. The second-order valence-corrected chi connectivity index (χ2v) is 3.37. The topological polar surface area (TPSA) is 80.3 Å². The van der Waals surface area contributed by atoms with Crippen LogP contribution in [0.2, 0.25) is 0 Å². The Morgan fingerprint density at radius 1 is 0.944 bits per heavy atom. The van der Waals surface area contributed by atoms with Crippen LogP contribution in [-0.4, -0.2) is 59.4 Å². The van der Waals surface area contributed by atoms with Gasteiger partial charge in [0.05, 0.1) is 46.4 Å². The minimum absolute atomic E-state index is 0.0258. The molecule has 7 heteroatoms. The predicted octanol–water partition coefficient (Wildman–Crippen LogP) is 0.118. The number of rotatable bonds is 10. The van der Waals surface area contributed by atoms with Crippen molar-refractivity contribution in [1.82, 2.24) is 0 Å². The quantitative estimate of drug-likeness (QED) is 0.315. The number of hydrogen-bond donors (Lipinski definition) is 0. The van der Waals surface area contributed by atoms with Gasteiger partial charge < -0.3 is 23.7 Å². The van der Waals surface area contributed by atoms with Crippen LogP contribution in [0.4, 0.5) is 0 Å². The molecule has 0 amide bonds. The second kappa shape index (κ2) is 10.9. The van der Waals surface area contributed by atoms with Gasteiger partial charge in [-0.25, -0.2) is 0 Å². The fourth-order valence-electron chi connectivity index (χ4n) is 1.07. The Morgan fingerprint density at radius 3 is 1.94 bits per heavy atom. The molecule has 106 valence electrons. The Bertz CT molecular complexity index is 224. The first-order chi connectivity index (χ1) is 8.63. The molecule has 0 aromatic heterocycles. The average molecular weight is 264 g/mol. The molecule has 0 N–H and O–H groups in total. The van der Waals surface area contributed by atoms with Gasteiger partial charge in [-0.1, -0.05) is 0 Å². The van der Waals surface area contributed by atoms with E-state index in [2.05, 4.69) is 9.47 Å². The lowest BCUT2D eigenvalue weighted by molar-refractivity contribution is -0.155. The molecular formula is C11H20O7. The van der Waals surface area contributed by atoms with Crippen LogP contribution in [0.5, 0.6) is 0 Å². The fourth-order valence-corrected chi connectivity index (χ4v) is 1.07. The molecule has 0 aliphatic rings. The van der Waals surface area contributed by atoms with E-state index in [0.29, 0.717) is 13.2 Å². The van der Waals surface area contributed by atoms with Crippen molar-refractivity contribution < 1.29 is 33.3 Å². The summed E-state index contributed by atoms with van der Waals surface area (Å²) in [6.07, 6.45) is -0.675. The lowest BCUT2D eigenvalue weighted by atomic mass is 10.2. The molecule has 0 aromatic rings. The summed E-state index contributed by atoms with van der Waals surface area (Å²) in [6, 6.07) is 0. The molecule has 0 aromatic carbocycles. The standard InChI is InChI=1S/C11H20O7/c1-14-4-5-17-8-18-9(6-10(12)15-2)7-11(13)16-3/h9H,4-8H2,1-3H3. The third-order valence-electron chi connectivity index (χ3n) is 2.06. The van der Waals surface area contributed by atoms with Crippen molar-refractivity contribution in [1.29, 1.82) is 0 Å². The van der Waals surface area contributed by atoms with Crippen molar-refractivity contribution in [2.45, 2.75) is 18.9 Å². The molecular weight excluding hydrogens is 244 g/mol. The Kier molecular flexibility index (Phi) is 10.2. The molecule has 0 saturated carbocycles. The smallest absolute Gasteiger partial charge is 0.308 e. The minimum Gasteiger partial charge on any atom is -0.469 e. The van der Waals surface area contributed by atoms with Crippen LogP contribution in [-0.2, 0) is 33.3 Å². The molecule has 0 aliphatic heterocycles. The number of esters is 2. The van der Waals surface area contributed by atoms with Crippen molar-refractivity contribution in [3.05, 3.63) is 0 Å². The SMILES string of the molecule is COCCOCOC(CC(=O)OC)CC(=O)OC. The molecule has 0 fully saturated rings. The highest BCUT2D eigenvalue weighted by molar-refractivity contribution is 5.73. The van der Waals surface area contributed by atoms with Gasteiger partial charge in [0, 0.05) is 7.11 Å². The van der Waals surface area contributed by atoms with E-state index in [1.807, 2.05) is 0 Å². The molecule has 0 unspecified atom stereocenters. The maximum Gasteiger partial charge on any atom is 0.308 e. The van der Waals surface area contributed by atoms with Gasteiger partial charge in [-0.05, 0) is 0 Å². The molecule has 0 spiro atoms.